The van der Waals surface area contributed by atoms with Crippen molar-refractivity contribution in [3.63, 3.8) is 0 Å². The molecule has 0 aromatic carbocycles. The van der Waals surface area contributed by atoms with Crippen LogP contribution in [0.3, 0.4) is 0 Å². The van der Waals surface area contributed by atoms with Gasteiger partial charge in [0, 0.05) is 40.2 Å². The molecule has 15 heteroatoms. The first-order chi connectivity index (χ1) is 16.4. The number of carbonyl (C=O) groups is 5. The highest BCUT2D eigenvalue weighted by atomic mass is 16.7. The van der Waals surface area contributed by atoms with Crippen LogP contribution in [0, 0.1) is 0 Å². The minimum absolute atomic E-state index is 0.0455. The topological polar surface area (TPSA) is 177 Å². The average molecular weight is 493 g/mol. The van der Waals surface area contributed by atoms with E-state index in [1.54, 1.807) is 0 Å². The lowest BCUT2D eigenvalue weighted by atomic mass is 10.4. The van der Waals surface area contributed by atoms with Crippen molar-refractivity contribution in [3.8, 4) is 0 Å². The number of hydrogen-bond donors (Lipinski definition) is 2. The van der Waals surface area contributed by atoms with Crippen molar-refractivity contribution in [3.05, 3.63) is 0 Å². The normalized spacial score (nSPS) is 13.2. The third-order valence-corrected chi connectivity index (χ3v) is 3.92. The number of amides is 4. The number of carbonyl (C=O) groups excluding carboxylic acids is 5. The molecule has 4 amide bonds. The molecule has 1 saturated heterocycles. The van der Waals surface area contributed by atoms with Crippen LogP contribution in [-0.2, 0) is 47.6 Å². The van der Waals surface area contributed by atoms with Crippen molar-refractivity contribution in [2.45, 2.75) is 25.6 Å². The monoisotopic (exact) mass is 493 g/mol. The summed E-state index contributed by atoms with van der Waals surface area (Å²) in [5, 5.41) is 5.29. The summed E-state index contributed by atoms with van der Waals surface area (Å²) in [6, 6.07) is 0. The van der Waals surface area contributed by atoms with E-state index in [0.717, 1.165) is 0 Å². The standard InChI is InChI=1S/C19H31N3O12/c1-28-7-5-20-18(26)32-11-9-30-17(31-10-12-33-19(27)21-6-8-29-2)13-16(25)34-22-14(23)3-4-15(22)24/h17H,3-13H2,1-2H3,(H,20,26)(H,21,27). The van der Waals surface area contributed by atoms with Gasteiger partial charge in [0.15, 0.2) is 6.29 Å². The molecular formula is C19H31N3O12. The van der Waals surface area contributed by atoms with Gasteiger partial charge in [-0.05, 0) is 0 Å². The van der Waals surface area contributed by atoms with Crippen molar-refractivity contribution < 1.29 is 57.2 Å². The van der Waals surface area contributed by atoms with E-state index in [1.807, 2.05) is 0 Å². The van der Waals surface area contributed by atoms with Crippen LogP contribution in [0.1, 0.15) is 19.3 Å². The summed E-state index contributed by atoms with van der Waals surface area (Å²) in [5.74, 6) is -2.21. The van der Waals surface area contributed by atoms with Crippen molar-refractivity contribution >= 4 is 30.0 Å². The van der Waals surface area contributed by atoms with E-state index in [9.17, 15) is 24.0 Å². The maximum absolute atomic E-state index is 12.1. The van der Waals surface area contributed by atoms with Gasteiger partial charge in [0.1, 0.15) is 13.2 Å². The number of methoxy groups -OCH3 is 2. The minimum atomic E-state index is -1.19. The fraction of sp³-hybridized carbons (Fsp3) is 0.737. The Morgan fingerprint density at radius 2 is 1.26 bits per heavy atom. The second-order valence-electron chi connectivity index (χ2n) is 6.53. The first kappa shape index (κ1) is 29.0. The molecule has 34 heavy (non-hydrogen) atoms. The summed E-state index contributed by atoms with van der Waals surface area (Å²) < 4.78 is 30.1. The Kier molecular flexibility index (Phi) is 14.9. The molecule has 0 spiro atoms. The summed E-state index contributed by atoms with van der Waals surface area (Å²) in [4.78, 5) is 63.1. The van der Waals surface area contributed by atoms with Crippen LogP contribution >= 0.6 is 0 Å². The maximum atomic E-state index is 12.1. The smallest absolute Gasteiger partial charge is 0.407 e. The van der Waals surface area contributed by atoms with Crippen LogP contribution in [0.4, 0.5) is 9.59 Å². The molecule has 1 fully saturated rings. The van der Waals surface area contributed by atoms with E-state index in [4.69, 9.17) is 33.3 Å². The summed E-state index contributed by atoms with van der Waals surface area (Å²) in [6.07, 6.45) is -3.14. The van der Waals surface area contributed by atoms with E-state index in [-0.39, 0.29) is 52.4 Å². The zero-order valence-corrected chi connectivity index (χ0v) is 19.2. The Morgan fingerprint density at radius 1 is 0.794 bits per heavy atom. The molecule has 0 aliphatic carbocycles. The van der Waals surface area contributed by atoms with Crippen LogP contribution in [0.2, 0.25) is 0 Å². The van der Waals surface area contributed by atoms with E-state index in [1.165, 1.54) is 14.2 Å². The molecule has 1 rings (SSSR count). The molecular weight excluding hydrogens is 462 g/mol. The number of nitrogens with zero attached hydrogens (tertiary/aromatic N) is 1. The molecule has 0 aromatic rings. The number of rotatable bonds is 17. The van der Waals surface area contributed by atoms with Gasteiger partial charge >= 0.3 is 18.2 Å². The average Bonchev–Trinajstić information content (AvgIpc) is 3.11. The molecule has 0 radical (unpaired) electrons. The van der Waals surface area contributed by atoms with Crippen molar-refractivity contribution in [1.82, 2.24) is 15.7 Å². The molecule has 1 aliphatic heterocycles. The van der Waals surface area contributed by atoms with Gasteiger partial charge in [-0.1, -0.05) is 0 Å². The van der Waals surface area contributed by atoms with Crippen molar-refractivity contribution in [1.29, 1.82) is 0 Å². The van der Waals surface area contributed by atoms with Gasteiger partial charge in [0.2, 0.25) is 0 Å². The third kappa shape index (κ3) is 12.9. The molecule has 0 unspecified atom stereocenters. The van der Waals surface area contributed by atoms with Gasteiger partial charge in [-0.3, -0.25) is 9.59 Å². The predicted molar refractivity (Wildman–Crippen MR) is 110 cm³/mol. The number of imide groups is 1. The van der Waals surface area contributed by atoms with Crippen LogP contribution in [0.5, 0.6) is 0 Å². The largest absolute Gasteiger partial charge is 0.447 e. The highest BCUT2D eigenvalue weighted by Crippen LogP contribution is 2.14. The SMILES string of the molecule is COCCNC(=O)OCCOC(CC(=O)ON1C(=O)CCC1=O)OCCOC(=O)NCCOC. The first-order valence-electron chi connectivity index (χ1n) is 10.5. The maximum Gasteiger partial charge on any atom is 0.407 e. The van der Waals surface area contributed by atoms with Gasteiger partial charge < -0.3 is 43.9 Å². The minimum Gasteiger partial charge on any atom is -0.447 e. The van der Waals surface area contributed by atoms with E-state index >= 15 is 0 Å². The predicted octanol–water partition coefficient (Wildman–Crippen LogP) is -0.912. The molecule has 1 aliphatic rings. The lowest BCUT2D eigenvalue weighted by molar-refractivity contribution is -0.208. The van der Waals surface area contributed by atoms with Gasteiger partial charge in [-0.2, -0.15) is 0 Å². The van der Waals surface area contributed by atoms with Crippen LogP contribution < -0.4 is 10.6 Å². The fourth-order valence-electron chi connectivity index (χ4n) is 2.34. The van der Waals surface area contributed by atoms with Crippen LogP contribution in [0.25, 0.3) is 0 Å². The Hall–Kier alpha value is -3.01. The molecule has 194 valence electrons. The number of ether oxygens (including phenoxy) is 6. The Bertz CT molecular complexity index is 629. The second-order valence-corrected chi connectivity index (χ2v) is 6.53. The Labute approximate surface area is 196 Å². The van der Waals surface area contributed by atoms with E-state index in [2.05, 4.69) is 10.6 Å². The fourth-order valence-corrected chi connectivity index (χ4v) is 2.34. The molecule has 2 N–H and O–H groups in total. The molecule has 0 saturated carbocycles. The second kappa shape index (κ2) is 17.5. The summed E-state index contributed by atoms with van der Waals surface area (Å²) in [7, 11) is 2.97. The summed E-state index contributed by atoms with van der Waals surface area (Å²) in [5.41, 5.74) is 0. The molecule has 15 nitrogen and oxygen atoms in total. The summed E-state index contributed by atoms with van der Waals surface area (Å²) >= 11 is 0. The van der Waals surface area contributed by atoms with Gasteiger partial charge in [-0.25, -0.2) is 14.4 Å². The van der Waals surface area contributed by atoms with E-state index < -0.39 is 42.7 Å². The number of nitrogens with one attached hydrogen (secondary N) is 2. The van der Waals surface area contributed by atoms with Crippen molar-refractivity contribution in [2.24, 2.45) is 0 Å². The zero-order chi connectivity index (χ0) is 25.2. The van der Waals surface area contributed by atoms with Gasteiger partial charge in [0.25, 0.3) is 11.8 Å². The van der Waals surface area contributed by atoms with Crippen LogP contribution in [0.15, 0.2) is 0 Å². The molecule has 0 aromatic heterocycles. The highest BCUT2D eigenvalue weighted by molar-refractivity contribution is 6.01. The van der Waals surface area contributed by atoms with Gasteiger partial charge in [-0.15, -0.1) is 5.06 Å². The lowest BCUT2D eigenvalue weighted by Crippen LogP contribution is -2.35. The first-order valence-corrected chi connectivity index (χ1v) is 10.5. The van der Waals surface area contributed by atoms with Crippen molar-refractivity contribution in [2.75, 3.05) is 67.0 Å². The quantitative estimate of drug-likeness (QED) is 0.145. The molecule has 1 heterocycles. The Balaban J connectivity index is 2.43. The third-order valence-electron chi connectivity index (χ3n) is 3.92. The zero-order valence-electron chi connectivity index (χ0n) is 19.2. The number of hydroxylamine groups is 2. The highest BCUT2D eigenvalue weighted by Gasteiger charge is 2.33. The summed E-state index contributed by atoms with van der Waals surface area (Å²) in [6.45, 7) is 0.563. The number of hydrogen-bond acceptors (Lipinski definition) is 12. The lowest BCUT2D eigenvalue weighted by Gasteiger charge is -2.19. The van der Waals surface area contributed by atoms with Gasteiger partial charge in [0.05, 0.1) is 32.8 Å². The Morgan fingerprint density at radius 3 is 1.71 bits per heavy atom. The van der Waals surface area contributed by atoms with E-state index in [0.29, 0.717) is 18.3 Å². The molecule has 0 bridgehead atoms. The van der Waals surface area contributed by atoms with Crippen LogP contribution in [-0.4, -0.2) is 108 Å². The molecule has 0 atom stereocenters. The number of alkyl carbamates (subject to hydrolysis) is 2.